The largest absolute Gasteiger partial charge is 0.370 e. The Hall–Kier alpha value is -2.59. The van der Waals surface area contributed by atoms with Gasteiger partial charge in [-0.25, -0.2) is 17.2 Å². The standard InChI is InChI=1S/C25H30F2N4O3S/c1-18-3-4-19(15-22(18)35(33,34)31-12-2-6-25(26,27)17-31)29-23(32)20-5-11-28-16-21(20)30-13-9-24(7-8-24)10-14-30/h3-5,11,15-16H,2,6-10,12-14,17H2,1H3,(H,29,32). The zero-order valence-electron chi connectivity index (χ0n) is 19.8. The molecule has 10 heteroatoms. The Morgan fingerprint density at radius 3 is 2.49 bits per heavy atom. The Labute approximate surface area is 204 Å². The van der Waals surface area contributed by atoms with Crippen LogP contribution in [0.3, 0.4) is 0 Å². The molecular weight excluding hydrogens is 474 g/mol. The van der Waals surface area contributed by atoms with Crippen molar-refractivity contribution in [2.24, 2.45) is 5.41 Å². The Balaban J connectivity index is 1.36. The average Bonchev–Trinajstić information content (AvgIpc) is 3.58. The van der Waals surface area contributed by atoms with E-state index in [0.717, 1.165) is 35.9 Å². The first kappa shape index (κ1) is 24.1. The first-order valence-electron chi connectivity index (χ1n) is 12.1. The van der Waals surface area contributed by atoms with Crippen LogP contribution in [0.5, 0.6) is 0 Å². The minimum absolute atomic E-state index is 0.0471. The molecule has 3 heterocycles. The van der Waals surface area contributed by atoms with Crippen LogP contribution in [0.15, 0.2) is 41.6 Å². The number of rotatable bonds is 5. The monoisotopic (exact) mass is 504 g/mol. The van der Waals surface area contributed by atoms with Gasteiger partial charge in [0.1, 0.15) is 0 Å². The number of aryl methyl sites for hydroxylation is 1. The molecule has 0 atom stereocenters. The summed E-state index contributed by atoms with van der Waals surface area (Å²) < 4.78 is 55.0. The number of nitrogens with one attached hydrogen (secondary N) is 1. The van der Waals surface area contributed by atoms with Crippen LogP contribution in [-0.2, 0) is 10.0 Å². The lowest BCUT2D eigenvalue weighted by Crippen LogP contribution is -2.45. The van der Waals surface area contributed by atoms with E-state index in [0.29, 0.717) is 22.2 Å². The van der Waals surface area contributed by atoms with Gasteiger partial charge in [-0.05, 0) is 68.2 Å². The number of hydrogen-bond donors (Lipinski definition) is 1. The van der Waals surface area contributed by atoms with Crippen LogP contribution in [0, 0.1) is 12.3 Å². The SMILES string of the molecule is Cc1ccc(NC(=O)c2ccncc2N2CCC3(CC2)CC3)cc1S(=O)(=O)N1CCCC(F)(F)C1. The second-order valence-electron chi connectivity index (χ2n) is 10.1. The third-order valence-corrected chi connectivity index (χ3v) is 9.58. The van der Waals surface area contributed by atoms with Crippen LogP contribution < -0.4 is 10.2 Å². The molecule has 1 saturated carbocycles. The van der Waals surface area contributed by atoms with E-state index in [4.69, 9.17) is 0 Å². The Morgan fingerprint density at radius 2 is 1.80 bits per heavy atom. The summed E-state index contributed by atoms with van der Waals surface area (Å²) in [4.78, 5) is 19.6. The number of hydrogen-bond acceptors (Lipinski definition) is 5. The van der Waals surface area contributed by atoms with Crippen molar-refractivity contribution >= 4 is 27.3 Å². The van der Waals surface area contributed by atoms with E-state index in [9.17, 15) is 22.0 Å². The molecule has 2 aromatic rings. The highest BCUT2D eigenvalue weighted by molar-refractivity contribution is 7.89. The number of carbonyl (C=O) groups excluding carboxylic acids is 1. The number of aromatic nitrogens is 1. The quantitative estimate of drug-likeness (QED) is 0.651. The smallest absolute Gasteiger partial charge is 0.261 e. The van der Waals surface area contributed by atoms with Gasteiger partial charge < -0.3 is 10.2 Å². The minimum atomic E-state index is -4.13. The summed E-state index contributed by atoms with van der Waals surface area (Å²) in [5, 5.41) is 2.80. The van der Waals surface area contributed by atoms with Crippen molar-refractivity contribution in [3.05, 3.63) is 47.8 Å². The second-order valence-corrected chi connectivity index (χ2v) is 12.0. The van der Waals surface area contributed by atoms with Gasteiger partial charge in [-0.3, -0.25) is 9.78 Å². The highest BCUT2D eigenvalue weighted by atomic mass is 32.2. The fraction of sp³-hybridized carbons (Fsp3) is 0.520. The van der Waals surface area contributed by atoms with Gasteiger partial charge in [0.25, 0.3) is 11.8 Å². The predicted molar refractivity (Wildman–Crippen MR) is 129 cm³/mol. The molecule has 1 aliphatic carbocycles. The van der Waals surface area contributed by atoms with Gasteiger partial charge in [-0.2, -0.15) is 4.31 Å². The summed E-state index contributed by atoms with van der Waals surface area (Å²) in [6, 6.07) is 6.22. The molecule has 2 saturated heterocycles. The molecule has 1 aromatic heterocycles. The number of piperidine rings is 2. The number of amides is 1. The maximum absolute atomic E-state index is 13.9. The summed E-state index contributed by atoms with van der Waals surface area (Å²) in [5.41, 5.74) is 2.46. The number of carbonyl (C=O) groups is 1. The third-order valence-electron chi connectivity index (χ3n) is 7.59. The van der Waals surface area contributed by atoms with E-state index in [2.05, 4.69) is 15.2 Å². The van der Waals surface area contributed by atoms with Crippen LogP contribution in [0.1, 0.15) is 54.4 Å². The summed E-state index contributed by atoms with van der Waals surface area (Å²) in [6.07, 6.45) is 7.83. The van der Waals surface area contributed by atoms with Crippen LogP contribution in [-0.4, -0.2) is 55.7 Å². The lowest BCUT2D eigenvalue weighted by molar-refractivity contribution is -0.0434. The molecule has 1 aromatic carbocycles. The minimum Gasteiger partial charge on any atom is -0.370 e. The molecular formula is C25H30F2N4O3S. The summed E-state index contributed by atoms with van der Waals surface area (Å²) in [7, 11) is -4.13. The average molecular weight is 505 g/mol. The van der Waals surface area contributed by atoms with Crippen molar-refractivity contribution in [1.29, 1.82) is 0 Å². The van der Waals surface area contributed by atoms with Gasteiger partial charge >= 0.3 is 0 Å². The van der Waals surface area contributed by atoms with Crippen molar-refractivity contribution in [2.75, 3.05) is 36.4 Å². The van der Waals surface area contributed by atoms with E-state index >= 15 is 0 Å². The molecule has 35 heavy (non-hydrogen) atoms. The number of halogens is 2. The predicted octanol–water partition coefficient (Wildman–Crippen LogP) is 4.44. The summed E-state index contributed by atoms with van der Waals surface area (Å²) >= 11 is 0. The van der Waals surface area contributed by atoms with Gasteiger partial charge in [0.05, 0.1) is 28.9 Å². The van der Waals surface area contributed by atoms with Gasteiger partial charge in [-0.15, -0.1) is 0 Å². The van der Waals surface area contributed by atoms with Crippen LogP contribution >= 0.6 is 0 Å². The number of alkyl halides is 2. The van der Waals surface area contributed by atoms with Crippen LogP contribution in [0.2, 0.25) is 0 Å². The van der Waals surface area contributed by atoms with Gasteiger partial charge in [0.15, 0.2) is 0 Å². The summed E-state index contributed by atoms with van der Waals surface area (Å²) in [5.74, 6) is -3.41. The Kier molecular flexibility index (Phi) is 6.07. The molecule has 3 fully saturated rings. The van der Waals surface area contributed by atoms with E-state index in [1.807, 2.05) is 0 Å². The van der Waals surface area contributed by atoms with Crippen molar-refractivity contribution in [3.8, 4) is 0 Å². The normalized spacial score (nSPS) is 21.6. The fourth-order valence-electron chi connectivity index (χ4n) is 5.16. The fourth-order valence-corrected chi connectivity index (χ4v) is 6.91. The highest BCUT2D eigenvalue weighted by Gasteiger charge is 2.45. The van der Waals surface area contributed by atoms with Gasteiger partial charge in [0.2, 0.25) is 10.0 Å². The highest BCUT2D eigenvalue weighted by Crippen LogP contribution is 2.54. The lowest BCUT2D eigenvalue weighted by atomic mass is 9.93. The summed E-state index contributed by atoms with van der Waals surface area (Å²) in [6.45, 7) is 2.58. The third kappa shape index (κ3) is 4.91. The lowest BCUT2D eigenvalue weighted by Gasteiger charge is -2.34. The maximum atomic E-state index is 13.9. The number of anilines is 2. The van der Waals surface area contributed by atoms with Crippen molar-refractivity contribution in [3.63, 3.8) is 0 Å². The zero-order chi connectivity index (χ0) is 24.8. The molecule has 1 amide bonds. The molecule has 0 radical (unpaired) electrons. The van der Waals surface area contributed by atoms with E-state index < -0.39 is 22.5 Å². The molecule has 1 spiro atoms. The Bertz CT molecular complexity index is 1240. The van der Waals surface area contributed by atoms with Crippen LogP contribution in [0.4, 0.5) is 20.2 Å². The Morgan fingerprint density at radius 1 is 1.06 bits per heavy atom. The number of pyridine rings is 1. The molecule has 3 aliphatic rings. The van der Waals surface area contributed by atoms with E-state index in [-0.39, 0.29) is 30.2 Å². The molecule has 0 bridgehead atoms. The molecule has 1 N–H and O–H groups in total. The topological polar surface area (TPSA) is 82.6 Å². The number of nitrogens with zero attached hydrogens (tertiary/aromatic N) is 3. The van der Waals surface area contributed by atoms with Crippen molar-refractivity contribution < 1.29 is 22.0 Å². The first-order valence-corrected chi connectivity index (χ1v) is 13.5. The van der Waals surface area contributed by atoms with E-state index in [1.54, 1.807) is 37.5 Å². The molecule has 2 aliphatic heterocycles. The van der Waals surface area contributed by atoms with Crippen LogP contribution in [0.25, 0.3) is 0 Å². The second kappa shape index (κ2) is 8.81. The van der Waals surface area contributed by atoms with Gasteiger partial charge in [0, 0.05) is 37.9 Å². The molecule has 5 rings (SSSR count). The van der Waals surface area contributed by atoms with Gasteiger partial charge in [-0.1, -0.05) is 6.07 Å². The maximum Gasteiger partial charge on any atom is 0.261 e. The molecule has 0 unspecified atom stereocenters. The van der Waals surface area contributed by atoms with Crippen molar-refractivity contribution in [2.45, 2.75) is 56.3 Å². The first-order chi connectivity index (χ1) is 16.6. The zero-order valence-corrected chi connectivity index (χ0v) is 20.6. The number of benzene rings is 1. The van der Waals surface area contributed by atoms with Crippen molar-refractivity contribution in [1.82, 2.24) is 9.29 Å². The molecule has 188 valence electrons. The number of sulfonamides is 1. The van der Waals surface area contributed by atoms with E-state index in [1.165, 1.54) is 18.9 Å². The molecule has 7 nitrogen and oxygen atoms in total.